The maximum atomic E-state index is 3.18. The maximum Gasteiger partial charge on any atom is 0.0103 e. The van der Waals surface area contributed by atoms with Crippen molar-refractivity contribution in [2.75, 3.05) is 0 Å². The van der Waals surface area contributed by atoms with Gasteiger partial charge in [-0.05, 0) is 33.4 Å². The highest BCUT2D eigenvalue weighted by Gasteiger charge is 1.88. The second-order valence-electron chi connectivity index (χ2n) is 2.40. The monoisotopic (exact) mass is 139 g/mol. The van der Waals surface area contributed by atoms with Gasteiger partial charge in [-0.3, -0.25) is 0 Å². The fourth-order valence-electron chi connectivity index (χ4n) is 0.597. The van der Waals surface area contributed by atoms with E-state index in [2.05, 4.69) is 26.1 Å². The molecule has 0 rings (SSSR count). The van der Waals surface area contributed by atoms with Gasteiger partial charge in [0.05, 0.1) is 0 Å². The summed E-state index contributed by atoms with van der Waals surface area (Å²) in [6.07, 6.45) is 5.07. The molecular formula is C9H17N. The molecule has 0 fully saturated rings. The van der Waals surface area contributed by atoms with Gasteiger partial charge in [-0.1, -0.05) is 18.6 Å². The summed E-state index contributed by atoms with van der Waals surface area (Å²) in [7, 11) is 0. The molecule has 0 unspecified atom stereocenters. The summed E-state index contributed by atoms with van der Waals surface area (Å²) in [6.45, 7) is 8.41. The molecule has 0 aromatic carbocycles. The van der Waals surface area contributed by atoms with Crippen LogP contribution >= 0.6 is 0 Å². The SMILES string of the molecule is C/C=C\N/C(C)=C(\C)CC. The van der Waals surface area contributed by atoms with Crippen molar-refractivity contribution in [1.29, 1.82) is 0 Å². The molecule has 0 aliphatic rings. The van der Waals surface area contributed by atoms with Crippen molar-refractivity contribution in [1.82, 2.24) is 5.32 Å². The Morgan fingerprint density at radius 1 is 1.40 bits per heavy atom. The van der Waals surface area contributed by atoms with Gasteiger partial charge in [-0.25, -0.2) is 0 Å². The second-order valence-corrected chi connectivity index (χ2v) is 2.40. The Hall–Kier alpha value is -0.720. The second kappa shape index (κ2) is 5.10. The van der Waals surface area contributed by atoms with Crippen molar-refractivity contribution in [3.8, 4) is 0 Å². The predicted molar refractivity (Wildman–Crippen MR) is 46.6 cm³/mol. The van der Waals surface area contributed by atoms with E-state index >= 15 is 0 Å². The fraction of sp³-hybridized carbons (Fsp3) is 0.556. The number of hydrogen-bond acceptors (Lipinski definition) is 1. The van der Waals surface area contributed by atoms with Crippen LogP contribution in [0.15, 0.2) is 23.5 Å². The van der Waals surface area contributed by atoms with E-state index in [-0.39, 0.29) is 0 Å². The van der Waals surface area contributed by atoms with Gasteiger partial charge in [0.1, 0.15) is 0 Å². The van der Waals surface area contributed by atoms with Crippen LogP contribution in [0, 0.1) is 0 Å². The lowest BCUT2D eigenvalue weighted by Crippen LogP contribution is -2.02. The first-order valence-electron chi connectivity index (χ1n) is 3.76. The van der Waals surface area contributed by atoms with Gasteiger partial charge < -0.3 is 5.32 Å². The Labute approximate surface area is 63.8 Å². The van der Waals surface area contributed by atoms with Crippen molar-refractivity contribution in [2.45, 2.75) is 34.1 Å². The molecule has 1 N–H and O–H groups in total. The van der Waals surface area contributed by atoms with Crippen LogP contribution in [0.5, 0.6) is 0 Å². The largest absolute Gasteiger partial charge is 0.366 e. The molecule has 0 spiro atoms. The first kappa shape index (κ1) is 9.28. The summed E-state index contributed by atoms with van der Waals surface area (Å²) in [5.41, 5.74) is 2.68. The lowest BCUT2D eigenvalue weighted by molar-refractivity contribution is 0.958. The third-order valence-electron chi connectivity index (χ3n) is 1.64. The minimum Gasteiger partial charge on any atom is -0.366 e. The molecule has 0 atom stereocenters. The van der Waals surface area contributed by atoms with Gasteiger partial charge in [0.25, 0.3) is 0 Å². The van der Waals surface area contributed by atoms with E-state index in [4.69, 9.17) is 0 Å². The minimum atomic E-state index is 1.12. The van der Waals surface area contributed by atoms with Gasteiger partial charge in [-0.15, -0.1) is 0 Å². The van der Waals surface area contributed by atoms with E-state index in [0.29, 0.717) is 0 Å². The average molecular weight is 139 g/mol. The molecule has 1 nitrogen and oxygen atoms in total. The van der Waals surface area contributed by atoms with Gasteiger partial charge in [-0.2, -0.15) is 0 Å². The third kappa shape index (κ3) is 3.33. The fourth-order valence-corrected chi connectivity index (χ4v) is 0.597. The lowest BCUT2D eigenvalue weighted by atomic mass is 10.2. The van der Waals surface area contributed by atoms with Crippen LogP contribution in [0.25, 0.3) is 0 Å². The Morgan fingerprint density at radius 2 is 2.00 bits per heavy atom. The normalized spacial score (nSPS) is 13.6. The van der Waals surface area contributed by atoms with Gasteiger partial charge in [0.2, 0.25) is 0 Å². The molecule has 0 heterocycles. The molecule has 58 valence electrons. The van der Waals surface area contributed by atoms with E-state index in [1.54, 1.807) is 0 Å². The van der Waals surface area contributed by atoms with Crippen molar-refractivity contribution < 1.29 is 0 Å². The smallest absolute Gasteiger partial charge is 0.0103 e. The van der Waals surface area contributed by atoms with Crippen LogP contribution in [-0.4, -0.2) is 0 Å². The molecule has 0 bridgehead atoms. The lowest BCUT2D eigenvalue weighted by Gasteiger charge is -2.03. The van der Waals surface area contributed by atoms with E-state index < -0.39 is 0 Å². The zero-order valence-electron chi connectivity index (χ0n) is 7.36. The van der Waals surface area contributed by atoms with Crippen molar-refractivity contribution in [2.24, 2.45) is 0 Å². The summed E-state index contributed by atoms with van der Waals surface area (Å²) in [4.78, 5) is 0. The molecule has 0 saturated heterocycles. The average Bonchev–Trinajstić information content (AvgIpc) is 1.98. The van der Waals surface area contributed by atoms with E-state index in [1.165, 1.54) is 11.3 Å². The Balaban J connectivity index is 3.91. The molecule has 0 aliphatic heterocycles. The molecule has 0 aromatic rings. The molecule has 0 radical (unpaired) electrons. The summed E-state index contributed by atoms with van der Waals surface area (Å²) in [5, 5.41) is 3.18. The summed E-state index contributed by atoms with van der Waals surface area (Å²) < 4.78 is 0. The Bertz CT molecular complexity index is 143. The highest BCUT2D eigenvalue weighted by molar-refractivity contribution is 5.09. The first-order valence-corrected chi connectivity index (χ1v) is 3.76. The first-order chi connectivity index (χ1) is 4.72. The quantitative estimate of drug-likeness (QED) is 0.634. The predicted octanol–water partition coefficient (Wildman–Crippen LogP) is 2.81. The molecule has 10 heavy (non-hydrogen) atoms. The van der Waals surface area contributed by atoms with E-state index in [0.717, 1.165) is 6.42 Å². The van der Waals surface area contributed by atoms with Crippen molar-refractivity contribution in [3.05, 3.63) is 23.5 Å². The van der Waals surface area contributed by atoms with Crippen molar-refractivity contribution in [3.63, 3.8) is 0 Å². The Morgan fingerprint density at radius 3 is 2.40 bits per heavy atom. The standard InChI is InChI=1S/C9H17N/c1-5-7-10-9(4)8(3)6-2/h5,7,10H,6H2,1-4H3/b7-5-,9-8+. The van der Waals surface area contributed by atoms with E-state index in [9.17, 15) is 0 Å². The van der Waals surface area contributed by atoms with Crippen LogP contribution in [0.4, 0.5) is 0 Å². The maximum absolute atomic E-state index is 3.18. The molecule has 0 aromatic heterocycles. The van der Waals surface area contributed by atoms with Crippen LogP contribution < -0.4 is 5.32 Å². The van der Waals surface area contributed by atoms with Gasteiger partial charge in [0.15, 0.2) is 0 Å². The topological polar surface area (TPSA) is 12.0 Å². The number of allylic oxidation sites excluding steroid dienone is 3. The number of hydrogen-bond donors (Lipinski definition) is 1. The molecule has 0 saturated carbocycles. The summed E-state index contributed by atoms with van der Waals surface area (Å²) >= 11 is 0. The molecule has 0 aliphatic carbocycles. The third-order valence-corrected chi connectivity index (χ3v) is 1.64. The van der Waals surface area contributed by atoms with Crippen LogP contribution in [0.3, 0.4) is 0 Å². The zero-order chi connectivity index (χ0) is 7.98. The van der Waals surface area contributed by atoms with Gasteiger partial charge >= 0.3 is 0 Å². The highest BCUT2D eigenvalue weighted by Crippen LogP contribution is 2.03. The van der Waals surface area contributed by atoms with Gasteiger partial charge in [0, 0.05) is 5.70 Å². The number of rotatable bonds is 3. The minimum absolute atomic E-state index is 1.12. The zero-order valence-corrected chi connectivity index (χ0v) is 7.36. The van der Waals surface area contributed by atoms with E-state index in [1.807, 2.05) is 19.2 Å². The molecule has 0 amide bonds. The van der Waals surface area contributed by atoms with Crippen LogP contribution in [0.2, 0.25) is 0 Å². The summed E-state index contributed by atoms with van der Waals surface area (Å²) in [6, 6.07) is 0. The van der Waals surface area contributed by atoms with Crippen LogP contribution in [0.1, 0.15) is 34.1 Å². The van der Waals surface area contributed by atoms with Crippen LogP contribution in [-0.2, 0) is 0 Å². The highest BCUT2D eigenvalue weighted by atomic mass is 14.8. The van der Waals surface area contributed by atoms with Crippen molar-refractivity contribution >= 4 is 0 Å². The Kier molecular flexibility index (Phi) is 4.73. The summed E-state index contributed by atoms with van der Waals surface area (Å²) in [5.74, 6) is 0. The molecular weight excluding hydrogens is 122 g/mol. The number of nitrogens with one attached hydrogen (secondary N) is 1. The molecule has 1 heteroatoms.